The minimum absolute atomic E-state index is 0. The maximum Gasteiger partial charge on any atom is 0.214 e. The fourth-order valence-corrected chi connectivity index (χ4v) is 1.13. The van der Waals surface area contributed by atoms with Crippen molar-refractivity contribution in [2.75, 3.05) is 13.6 Å². The first kappa shape index (κ1) is 15.8. The Kier molecular flexibility index (Phi) is 7.37. The summed E-state index contributed by atoms with van der Waals surface area (Å²) in [5, 5.41) is 5.99. The lowest BCUT2D eigenvalue weighted by Crippen LogP contribution is -2.36. The normalized spacial score (nSPS) is 10.4. The third-order valence-electron chi connectivity index (χ3n) is 2.06. The molecule has 0 saturated carbocycles. The smallest absolute Gasteiger partial charge is 0.214 e. The minimum Gasteiger partial charge on any atom is -0.444 e. The van der Waals surface area contributed by atoms with Crippen LogP contribution in [0.4, 0.5) is 0 Å². The molecule has 6 heteroatoms. The summed E-state index contributed by atoms with van der Waals surface area (Å²) in [5.41, 5.74) is 0.906. The molecule has 0 spiro atoms. The Morgan fingerprint density at radius 3 is 2.65 bits per heavy atom. The number of nitrogens with zero attached hydrogens (tertiary/aromatic N) is 2. The third kappa shape index (κ3) is 5.08. The zero-order valence-electron chi connectivity index (χ0n) is 10.2. The predicted molar refractivity (Wildman–Crippen MR) is 78.4 cm³/mol. The largest absolute Gasteiger partial charge is 0.444 e. The lowest BCUT2D eigenvalue weighted by atomic mass is 10.4. The molecule has 1 aromatic heterocycles. The van der Waals surface area contributed by atoms with Crippen molar-refractivity contribution in [3.8, 4) is 12.3 Å². The molecule has 0 fully saturated rings. The van der Waals surface area contributed by atoms with Crippen LogP contribution in [0.3, 0.4) is 0 Å². The molecule has 0 unspecified atom stereocenters. The summed E-state index contributed by atoms with van der Waals surface area (Å²) in [6.45, 7) is 4.72. The Hall–Kier alpha value is -1.23. The van der Waals surface area contributed by atoms with Crippen LogP contribution in [0.1, 0.15) is 17.3 Å². The number of guanidine groups is 1. The molecule has 0 radical (unpaired) electrons. The van der Waals surface area contributed by atoms with Crippen molar-refractivity contribution in [2.45, 2.75) is 20.4 Å². The molecule has 0 aliphatic heterocycles. The van der Waals surface area contributed by atoms with E-state index in [-0.39, 0.29) is 24.0 Å². The van der Waals surface area contributed by atoms with Gasteiger partial charge in [0.2, 0.25) is 5.89 Å². The molecule has 1 heterocycles. The topological polar surface area (TPSA) is 62.5 Å². The Morgan fingerprint density at radius 1 is 1.47 bits per heavy atom. The van der Waals surface area contributed by atoms with Gasteiger partial charge >= 0.3 is 0 Å². The molecule has 0 amide bonds. The van der Waals surface area contributed by atoms with Crippen LogP contribution < -0.4 is 10.6 Å². The van der Waals surface area contributed by atoms with Crippen molar-refractivity contribution in [3.63, 3.8) is 0 Å². The molecule has 2 N–H and O–H groups in total. The first-order chi connectivity index (χ1) is 7.67. The summed E-state index contributed by atoms with van der Waals surface area (Å²) in [6, 6.07) is 0. The van der Waals surface area contributed by atoms with Crippen molar-refractivity contribution in [3.05, 3.63) is 17.3 Å². The van der Waals surface area contributed by atoms with E-state index in [1.165, 1.54) is 0 Å². The molecule has 17 heavy (non-hydrogen) atoms. The first-order valence-electron chi connectivity index (χ1n) is 4.98. The second-order valence-corrected chi connectivity index (χ2v) is 3.23. The maximum absolute atomic E-state index is 5.42. The van der Waals surface area contributed by atoms with Crippen molar-refractivity contribution in [1.29, 1.82) is 0 Å². The number of terminal acetylenes is 1. The van der Waals surface area contributed by atoms with Gasteiger partial charge in [0.05, 0.1) is 18.8 Å². The molecule has 0 atom stereocenters. The van der Waals surface area contributed by atoms with Gasteiger partial charge in [0, 0.05) is 7.05 Å². The number of aromatic nitrogens is 1. The molecule has 94 valence electrons. The summed E-state index contributed by atoms with van der Waals surface area (Å²) in [7, 11) is 1.68. The summed E-state index contributed by atoms with van der Waals surface area (Å²) in [4.78, 5) is 8.24. The monoisotopic (exact) mass is 348 g/mol. The predicted octanol–water partition coefficient (Wildman–Crippen LogP) is 1.21. The van der Waals surface area contributed by atoms with E-state index in [1.807, 2.05) is 13.8 Å². The number of rotatable bonds is 3. The summed E-state index contributed by atoms with van der Waals surface area (Å²) < 4.78 is 5.42. The van der Waals surface area contributed by atoms with Crippen molar-refractivity contribution in [2.24, 2.45) is 4.99 Å². The highest BCUT2D eigenvalue weighted by Crippen LogP contribution is 2.07. The van der Waals surface area contributed by atoms with Gasteiger partial charge in [-0.25, -0.2) is 4.98 Å². The number of aliphatic imine (C=N–C) groups is 1. The number of hydrogen-bond donors (Lipinski definition) is 2. The molecule has 0 aliphatic carbocycles. The molecule has 1 aromatic rings. The van der Waals surface area contributed by atoms with Gasteiger partial charge in [-0.05, 0) is 13.8 Å². The van der Waals surface area contributed by atoms with Gasteiger partial charge in [-0.15, -0.1) is 30.4 Å². The highest BCUT2D eigenvalue weighted by Gasteiger charge is 2.05. The van der Waals surface area contributed by atoms with Crippen LogP contribution in [0.25, 0.3) is 0 Å². The van der Waals surface area contributed by atoms with Gasteiger partial charge < -0.3 is 15.1 Å². The van der Waals surface area contributed by atoms with Crippen LogP contribution in [0.15, 0.2) is 9.41 Å². The molecule has 0 bridgehead atoms. The van der Waals surface area contributed by atoms with Crippen LogP contribution in [-0.2, 0) is 6.54 Å². The van der Waals surface area contributed by atoms with Gasteiger partial charge in [-0.2, -0.15) is 0 Å². The second-order valence-electron chi connectivity index (χ2n) is 3.23. The molecule has 5 nitrogen and oxygen atoms in total. The molecular formula is C11H17IN4O. The third-order valence-corrected chi connectivity index (χ3v) is 2.06. The van der Waals surface area contributed by atoms with Gasteiger partial charge in [-0.1, -0.05) is 5.92 Å². The second kappa shape index (κ2) is 7.95. The molecule has 0 aromatic carbocycles. The number of aryl methyl sites for hydroxylation is 2. The number of oxazole rings is 1. The molecule has 0 aliphatic rings. The fraction of sp³-hybridized carbons (Fsp3) is 0.455. The van der Waals surface area contributed by atoms with E-state index < -0.39 is 0 Å². The van der Waals surface area contributed by atoms with E-state index in [1.54, 1.807) is 7.05 Å². The lowest BCUT2D eigenvalue weighted by Gasteiger charge is -2.07. The van der Waals surface area contributed by atoms with E-state index in [9.17, 15) is 0 Å². The highest BCUT2D eigenvalue weighted by atomic mass is 127. The molecular weight excluding hydrogens is 331 g/mol. The number of hydrogen-bond acceptors (Lipinski definition) is 3. The Morgan fingerprint density at radius 2 is 2.18 bits per heavy atom. The Bertz CT molecular complexity index is 400. The summed E-state index contributed by atoms with van der Waals surface area (Å²) >= 11 is 0. The van der Waals surface area contributed by atoms with Crippen molar-refractivity contribution < 1.29 is 4.42 Å². The number of nitrogens with one attached hydrogen (secondary N) is 2. The van der Waals surface area contributed by atoms with E-state index in [0.29, 0.717) is 24.9 Å². The Balaban J connectivity index is 0.00000256. The average molecular weight is 348 g/mol. The molecule has 1 rings (SSSR count). The standard InChI is InChI=1S/C11H16N4O.HI/c1-5-6-13-11(12-4)14-7-10-15-8(2)9(3)16-10;/h1H,6-7H2,2-4H3,(H2,12,13,14);1H. The molecule has 0 saturated heterocycles. The van der Waals surface area contributed by atoms with E-state index in [4.69, 9.17) is 10.8 Å². The highest BCUT2D eigenvalue weighted by molar-refractivity contribution is 14.0. The van der Waals surface area contributed by atoms with Crippen LogP contribution in [0, 0.1) is 26.2 Å². The van der Waals surface area contributed by atoms with Crippen LogP contribution in [-0.4, -0.2) is 24.5 Å². The summed E-state index contributed by atoms with van der Waals surface area (Å²) in [5.74, 6) is 4.58. The quantitative estimate of drug-likeness (QED) is 0.373. The van der Waals surface area contributed by atoms with Gasteiger partial charge in [-0.3, -0.25) is 4.99 Å². The maximum atomic E-state index is 5.42. The van der Waals surface area contributed by atoms with E-state index in [2.05, 4.69) is 26.5 Å². The van der Waals surface area contributed by atoms with Crippen LogP contribution in [0.5, 0.6) is 0 Å². The zero-order valence-corrected chi connectivity index (χ0v) is 12.5. The average Bonchev–Trinajstić information content (AvgIpc) is 2.59. The van der Waals surface area contributed by atoms with Crippen molar-refractivity contribution in [1.82, 2.24) is 15.6 Å². The Labute approximate surface area is 119 Å². The van der Waals surface area contributed by atoms with Crippen molar-refractivity contribution >= 4 is 29.9 Å². The number of halogens is 1. The van der Waals surface area contributed by atoms with Crippen LogP contribution >= 0.6 is 24.0 Å². The zero-order chi connectivity index (χ0) is 12.0. The lowest BCUT2D eigenvalue weighted by molar-refractivity contribution is 0.464. The fourth-order valence-electron chi connectivity index (χ4n) is 1.13. The van der Waals surface area contributed by atoms with E-state index in [0.717, 1.165) is 11.5 Å². The van der Waals surface area contributed by atoms with E-state index >= 15 is 0 Å². The van der Waals surface area contributed by atoms with Gasteiger partial charge in [0.25, 0.3) is 0 Å². The SMILES string of the molecule is C#CCNC(=NC)NCc1nc(C)c(C)o1.I. The summed E-state index contributed by atoms with van der Waals surface area (Å²) in [6.07, 6.45) is 5.14. The van der Waals surface area contributed by atoms with Gasteiger partial charge in [0.1, 0.15) is 5.76 Å². The van der Waals surface area contributed by atoms with Gasteiger partial charge in [0.15, 0.2) is 5.96 Å². The van der Waals surface area contributed by atoms with Crippen LogP contribution in [0.2, 0.25) is 0 Å². The first-order valence-corrected chi connectivity index (χ1v) is 4.98. The minimum atomic E-state index is 0.